The number of pyridine rings is 1. The first-order valence-electron chi connectivity index (χ1n) is 9.22. The van der Waals surface area contributed by atoms with Crippen LogP contribution in [-0.4, -0.2) is 47.9 Å². The molecule has 0 bridgehead atoms. The van der Waals surface area contributed by atoms with Crippen molar-refractivity contribution in [2.24, 2.45) is 5.92 Å². The maximum Gasteiger partial charge on any atom is 0.337 e. The van der Waals surface area contributed by atoms with Gasteiger partial charge in [-0.2, -0.15) is 0 Å². The van der Waals surface area contributed by atoms with Crippen molar-refractivity contribution in [3.8, 4) is 0 Å². The molecule has 0 spiro atoms. The average molecular weight is 381 g/mol. The first-order chi connectivity index (χ1) is 13.5. The van der Waals surface area contributed by atoms with Gasteiger partial charge < -0.3 is 15.0 Å². The van der Waals surface area contributed by atoms with Gasteiger partial charge in [-0.1, -0.05) is 13.0 Å². The van der Waals surface area contributed by atoms with Gasteiger partial charge in [0, 0.05) is 31.2 Å². The Labute approximate surface area is 163 Å². The van der Waals surface area contributed by atoms with Crippen LogP contribution in [0.2, 0.25) is 0 Å². The van der Waals surface area contributed by atoms with Crippen molar-refractivity contribution in [1.82, 2.24) is 9.88 Å². The highest BCUT2D eigenvalue weighted by molar-refractivity contribution is 6.06. The fraction of sp³-hybridized carbons (Fsp3) is 0.333. The lowest BCUT2D eigenvalue weighted by atomic mass is 9.99. The molecule has 0 saturated carbocycles. The summed E-state index contributed by atoms with van der Waals surface area (Å²) in [5.74, 6) is -0.530. The molecule has 1 aromatic heterocycles. The van der Waals surface area contributed by atoms with Crippen molar-refractivity contribution < 1.29 is 19.1 Å². The molecule has 0 aliphatic carbocycles. The van der Waals surface area contributed by atoms with Gasteiger partial charge in [0.1, 0.15) is 0 Å². The van der Waals surface area contributed by atoms with Crippen molar-refractivity contribution in [3.63, 3.8) is 0 Å². The van der Waals surface area contributed by atoms with Crippen LogP contribution in [0.25, 0.3) is 0 Å². The average Bonchev–Trinajstić information content (AvgIpc) is 2.73. The first-order valence-corrected chi connectivity index (χ1v) is 9.22. The number of amides is 2. The van der Waals surface area contributed by atoms with Gasteiger partial charge in [0.15, 0.2) is 0 Å². The highest BCUT2D eigenvalue weighted by atomic mass is 16.5. The summed E-state index contributed by atoms with van der Waals surface area (Å²) in [4.78, 5) is 42.8. The van der Waals surface area contributed by atoms with Crippen molar-refractivity contribution in [3.05, 3.63) is 59.4 Å². The molecule has 7 heteroatoms. The second kappa shape index (κ2) is 8.65. The van der Waals surface area contributed by atoms with Gasteiger partial charge >= 0.3 is 5.97 Å². The molecular weight excluding hydrogens is 358 g/mol. The van der Waals surface area contributed by atoms with Crippen LogP contribution in [0, 0.1) is 5.92 Å². The molecule has 2 amide bonds. The number of benzene rings is 1. The number of aromatic nitrogens is 1. The second-order valence-electron chi connectivity index (χ2n) is 6.99. The third-order valence-electron chi connectivity index (χ3n) is 4.73. The quantitative estimate of drug-likeness (QED) is 0.823. The number of hydrogen-bond donors (Lipinski definition) is 1. The molecule has 28 heavy (non-hydrogen) atoms. The Morgan fingerprint density at radius 1 is 1.14 bits per heavy atom. The number of carbonyl (C=O) groups is 3. The van der Waals surface area contributed by atoms with E-state index in [1.165, 1.54) is 25.6 Å². The zero-order valence-corrected chi connectivity index (χ0v) is 16.0. The number of ether oxygens (including phenoxy) is 1. The van der Waals surface area contributed by atoms with E-state index in [0.717, 1.165) is 25.9 Å². The lowest BCUT2D eigenvalue weighted by Gasteiger charge is -2.30. The number of piperidine rings is 1. The van der Waals surface area contributed by atoms with E-state index in [-0.39, 0.29) is 11.5 Å². The van der Waals surface area contributed by atoms with Crippen LogP contribution in [0.3, 0.4) is 0 Å². The SMILES string of the molecule is COC(=O)c1cccc(NC(=O)c2cncc(C(=O)N3CCCC(C)C3)c2)c1. The third-order valence-corrected chi connectivity index (χ3v) is 4.73. The summed E-state index contributed by atoms with van der Waals surface area (Å²) in [6.45, 7) is 3.57. The highest BCUT2D eigenvalue weighted by Crippen LogP contribution is 2.19. The fourth-order valence-corrected chi connectivity index (χ4v) is 3.28. The predicted molar refractivity (Wildman–Crippen MR) is 104 cm³/mol. The second-order valence-corrected chi connectivity index (χ2v) is 6.99. The number of likely N-dealkylation sites (tertiary alicyclic amines) is 1. The van der Waals surface area contributed by atoms with Crippen LogP contribution in [-0.2, 0) is 4.74 Å². The van der Waals surface area contributed by atoms with Gasteiger partial charge in [-0.25, -0.2) is 4.79 Å². The predicted octanol–water partition coefficient (Wildman–Crippen LogP) is 2.99. The van der Waals surface area contributed by atoms with Crippen LogP contribution in [0.15, 0.2) is 42.7 Å². The number of hydrogen-bond acceptors (Lipinski definition) is 5. The summed E-state index contributed by atoms with van der Waals surface area (Å²) in [5, 5.41) is 2.72. The minimum absolute atomic E-state index is 0.110. The number of esters is 1. The molecule has 1 unspecified atom stereocenters. The summed E-state index contributed by atoms with van der Waals surface area (Å²) < 4.78 is 4.68. The van der Waals surface area contributed by atoms with Gasteiger partial charge in [0.05, 0.1) is 23.8 Å². The van der Waals surface area contributed by atoms with Crippen molar-refractivity contribution in [2.45, 2.75) is 19.8 Å². The van der Waals surface area contributed by atoms with E-state index in [2.05, 4.69) is 22.0 Å². The topological polar surface area (TPSA) is 88.6 Å². The molecule has 146 valence electrons. The molecule has 2 heterocycles. The zero-order chi connectivity index (χ0) is 20.1. The van der Waals surface area contributed by atoms with Gasteiger partial charge in [0.2, 0.25) is 0 Å². The van der Waals surface area contributed by atoms with Crippen molar-refractivity contribution >= 4 is 23.5 Å². The normalized spacial score (nSPS) is 16.4. The summed E-state index contributed by atoms with van der Waals surface area (Å²) in [6.07, 6.45) is 5.00. The summed E-state index contributed by atoms with van der Waals surface area (Å²) in [7, 11) is 1.30. The number of rotatable bonds is 4. The first kappa shape index (κ1) is 19.5. The van der Waals surface area contributed by atoms with Gasteiger partial charge in [-0.3, -0.25) is 14.6 Å². The number of methoxy groups -OCH3 is 1. The molecule has 1 saturated heterocycles. The maximum absolute atomic E-state index is 12.7. The molecule has 1 fully saturated rings. The lowest BCUT2D eigenvalue weighted by molar-refractivity contribution is 0.0600. The van der Waals surface area contributed by atoms with E-state index in [4.69, 9.17) is 0 Å². The smallest absolute Gasteiger partial charge is 0.337 e. The summed E-state index contributed by atoms with van der Waals surface area (Å²) in [6, 6.07) is 8.00. The van der Waals surface area contributed by atoms with Crippen molar-refractivity contribution in [2.75, 3.05) is 25.5 Å². The molecule has 7 nitrogen and oxygen atoms in total. The molecule has 1 aliphatic heterocycles. The zero-order valence-electron chi connectivity index (χ0n) is 16.0. The van der Waals surface area contributed by atoms with Gasteiger partial charge in [-0.15, -0.1) is 0 Å². The molecule has 2 aromatic rings. The lowest BCUT2D eigenvalue weighted by Crippen LogP contribution is -2.39. The minimum Gasteiger partial charge on any atom is -0.465 e. The van der Waals surface area contributed by atoms with E-state index in [9.17, 15) is 14.4 Å². The monoisotopic (exact) mass is 381 g/mol. The Balaban J connectivity index is 1.74. The Morgan fingerprint density at radius 3 is 2.68 bits per heavy atom. The highest BCUT2D eigenvalue weighted by Gasteiger charge is 2.23. The maximum atomic E-state index is 12.7. The van der Waals surface area contributed by atoms with E-state index >= 15 is 0 Å². The number of anilines is 1. The van der Waals surface area contributed by atoms with Crippen LogP contribution >= 0.6 is 0 Å². The molecule has 3 rings (SSSR count). The van der Waals surface area contributed by atoms with Gasteiger partial charge in [0.25, 0.3) is 11.8 Å². The Hall–Kier alpha value is -3.22. The summed E-state index contributed by atoms with van der Waals surface area (Å²) in [5.41, 5.74) is 1.46. The standard InChI is InChI=1S/C21H23N3O4/c1-14-5-4-8-24(13-14)20(26)17-9-16(11-22-12-17)19(25)23-18-7-3-6-15(10-18)21(27)28-2/h3,6-7,9-12,14H,4-5,8,13H2,1-2H3,(H,23,25). The van der Waals surface area contributed by atoms with E-state index in [1.807, 2.05) is 4.90 Å². The Kier molecular flexibility index (Phi) is 6.03. The summed E-state index contributed by atoms with van der Waals surface area (Å²) >= 11 is 0. The molecule has 1 atom stereocenters. The Morgan fingerprint density at radius 2 is 1.93 bits per heavy atom. The number of nitrogens with one attached hydrogen (secondary N) is 1. The molecular formula is C21H23N3O4. The third kappa shape index (κ3) is 4.54. The van der Waals surface area contributed by atoms with Gasteiger partial charge in [-0.05, 0) is 43.0 Å². The van der Waals surface area contributed by atoms with Crippen LogP contribution < -0.4 is 5.32 Å². The molecule has 1 aromatic carbocycles. The van der Waals surface area contributed by atoms with Crippen LogP contribution in [0.4, 0.5) is 5.69 Å². The molecule has 1 aliphatic rings. The van der Waals surface area contributed by atoms with E-state index in [1.54, 1.807) is 24.3 Å². The number of nitrogens with zero attached hydrogens (tertiary/aromatic N) is 2. The van der Waals surface area contributed by atoms with E-state index < -0.39 is 11.9 Å². The van der Waals surface area contributed by atoms with Crippen molar-refractivity contribution in [1.29, 1.82) is 0 Å². The minimum atomic E-state index is -0.485. The largest absolute Gasteiger partial charge is 0.465 e. The fourth-order valence-electron chi connectivity index (χ4n) is 3.28. The molecule has 1 N–H and O–H groups in total. The van der Waals surface area contributed by atoms with Crippen LogP contribution in [0.5, 0.6) is 0 Å². The van der Waals surface area contributed by atoms with Crippen LogP contribution in [0.1, 0.15) is 50.8 Å². The Bertz CT molecular complexity index is 897. The molecule has 0 radical (unpaired) electrons. The number of carbonyl (C=O) groups excluding carboxylic acids is 3. The van der Waals surface area contributed by atoms with E-state index in [0.29, 0.717) is 22.7 Å².